The number of sulfonamides is 1. The van der Waals surface area contributed by atoms with Crippen LogP contribution in [0.1, 0.15) is 24.2 Å². The fraction of sp³-hybridized carbons (Fsp3) is 0.615. The van der Waals surface area contributed by atoms with E-state index in [0.717, 1.165) is 0 Å². The highest BCUT2D eigenvalue weighted by atomic mass is 32.2. The molecule has 128 valence electrons. The quantitative estimate of drug-likeness (QED) is 0.667. The summed E-state index contributed by atoms with van der Waals surface area (Å²) < 4.78 is 26.8. The molecule has 0 radical (unpaired) electrons. The Morgan fingerprint density at radius 3 is 2.70 bits per heavy atom. The highest BCUT2D eigenvalue weighted by molar-refractivity contribution is 7.89. The lowest BCUT2D eigenvalue weighted by molar-refractivity contribution is -0.138. The summed E-state index contributed by atoms with van der Waals surface area (Å²) in [5.41, 5.74) is 0.847. The zero-order chi connectivity index (χ0) is 17.2. The molecule has 10 heteroatoms. The Labute approximate surface area is 134 Å². The van der Waals surface area contributed by atoms with Gasteiger partial charge in [-0.1, -0.05) is 0 Å². The number of hydrogen-bond donors (Lipinski definition) is 3. The van der Waals surface area contributed by atoms with Crippen molar-refractivity contribution >= 4 is 21.9 Å². The Hall–Kier alpha value is -1.94. The largest absolute Gasteiger partial charge is 0.480 e. The second-order valence-corrected chi connectivity index (χ2v) is 7.45. The predicted molar refractivity (Wildman–Crippen MR) is 80.2 cm³/mol. The minimum atomic E-state index is -3.73. The average molecular weight is 344 g/mol. The lowest BCUT2D eigenvalue weighted by atomic mass is 9.99. The van der Waals surface area contributed by atoms with Crippen LogP contribution in [-0.2, 0) is 19.6 Å². The molecule has 1 unspecified atom stereocenters. The van der Waals surface area contributed by atoms with Crippen LogP contribution in [0.5, 0.6) is 0 Å². The molecule has 9 nitrogen and oxygen atoms in total. The maximum atomic E-state index is 12.8. The van der Waals surface area contributed by atoms with Crippen molar-refractivity contribution in [3.63, 3.8) is 0 Å². The van der Waals surface area contributed by atoms with E-state index in [2.05, 4.69) is 15.5 Å². The smallest absolute Gasteiger partial charge is 0.322 e. The molecule has 1 saturated heterocycles. The van der Waals surface area contributed by atoms with Crippen LogP contribution in [0.2, 0.25) is 0 Å². The van der Waals surface area contributed by atoms with Crippen LogP contribution in [0.4, 0.5) is 0 Å². The number of rotatable bonds is 5. The highest BCUT2D eigenvalue weighted by Gasteiger charge is 2.35. The first kappa shape index (κ1) is 17.4. The van der Waals surface area contributed by atoms with Crippen molar-refractivity contribution in [1.82, 2.24) is 19.8 Å². The van der Waals surface area contributed by atoms with Gasteiger partial charge < -0.3 is 10.4 Å². The van der Waals surface area contributed by atoms with Crippen molar-refractivity contribution in [3.05, 3.63) is 11.4 Å². The number of carbonyl (C=O) groups excluding carboxylic acids is 1. The predicted octanol–water partition coefficient (Wildman–Crippen LogP) is -0.372. The van der Waals surface area contributed by atoms with E-state index in [1.54, 1.807) is 13.8 Å². The second-order valence-electron chi connectivity index (χ2n) is 5.58. The summed E-state index contributed by atoms with van der Waals surface area (Å²) in [5.74, 6) is -2.12. The first-order valence-corrected chi connectivity index (χ1v) is 8.68. The van der Waals surface area contributed by atoms with Crippen molar-refractivity contribution in [2.75, 3.05) is 19.6 Å². The van der Waals surface area contributed by atoms with Crippen LogP contribution in [0, 0.1) is 19.8 Å². The minimum Gasteiger partial charge on any atom is -0.480 e. The normalized spacial score (nSPS) is 19.5. The Balaban J connectivity index is 2.15. The summed E-state index contributed by atoms with van der Waals surface area (Å²) in [6.45, 7) is 3.14. The number of nitrogens with zero attached hydrogens (tertiary/aromatic N) is 2. The number of carboxylic acids is 1. The van der Waals surface area contributed by atoms with Gasteiger partial charge in [-0.05, 0) is 26.7 Å². The Morgan fingerprint density at radius 2 is 2.13 bits per heavy atom. The molecule has 0 aromatic carbocycles. The summed E-state index contributed by atoms with van der Waals surface area (Å²) in [7, 11) is -3.73. The molecule has 1 aliphatic heterocycles. The molecule has 2 heterocycles. The highest BCUT2D eigenvalue weighted by Crippen LogP contribution is 2.26. The number of aromatic amines is 1. The fourth-order valence-corrected chi connectivity index (χ4v) is 4.59. The van der Waals surface area contributed by atoms with Crippen LogP contribution in [-0.4, -0.2) is 59.5 Å². The van der Waals surface area contributed by atoms with Gasteiger partial charge in [-0.3, -0.25) is 14.7 Å². The molecule has 1 aliphatic rings. The minimum absolute atomic E-state index is 0.0395. The summed E-state index contributed by atoms with van der Waals surface area (Å²) in [6.07, 6.45) is 1.07. The van der Waals surface area contributed by atoms with E-state index in [-0.39, 0.29) is 11.4 Å². The molecular weight excluding hydrogens is 324 g/mol. The number of aryl methyl sites for hydroxylation is 2. The van der Waals surface area contributed by atoms with E-state index in [1.807, 2.05) is 0 Å². The molecule has 0 saturated carbocycles. The monoisotopic (exact) mass is 344 g/mol. The molecule has 3 N–H and O–H groups in total. The zero-order valence-corrected chi connectivity index (χ0v) is 13.8. The molecule has 0 spiro atoms. The molecule has 1 aromatic rings. The van der Waals surface area contributed by atoms with E-state index < -0.39 is 34.4 Å². The van der Waals surface area contributed by atoms with Gasteiger partial charge in [-0.2, -0.15) is 9.40 Å². The number of aliphatic carboxylic acids is 1. The molecule has 0 aliphatic carbocycles. The third kappa shape index (κ3) is 3.70. The molecule has 0 bridgehead atoms. The van der Waals surface area contributed by atoms with Crippen LogP contribution in [0.15, 0.2) is 4.90 Å². The SMILES string of the molecule is Cc1n[nH]c(C)c1S(=O)(=O)N1CCCC(C(=O)NCC(=O)O)C1. The van der Waals surface area contributed by atoms with Crippen molar-refractivity contribution in [2.45, 2.75) is 31.6 Å². The van der Waals surface area contributed by atoms with Crippen LogP contribution in [0.25, 0.3) is 0 Å². The zero-order valence-electron chi connectivity index (χ0n) is 13.0. The van der Waals surface area contributed by atoms with Crippen LogP contribution < -0.4 is 5.32 Å². The number of carboxylic acid groups (broad SMARTS) is 1. The third-order valence-corrected chi connectivity index (χ3v) is 5.96. The lowest BCUT2D eigenvalue weighted by Gasteiger charge is -2.31. The van der Waals surface area contributed by atoms with Gasteiger partial charge in [-0.15, -0.1) is 0 Å². The number of aromatic nitrogens is 2. The number of nitrogens with one attached hydrogen (secondary N) is 2. The van der Waals surface area contributed by atoms with Crippen molar-refractivity contribution in [1.29, 1.82) is 0 Å². The molecular formula is C13H20N4O5S. The van der Waals surface area contributed by atoms with Crippen molar-refractivity contribution in [2.24, 2.45) is 5.92 Å². The molecule has 1 aromatic heterocycles. The van der Waals surface area contributed by atoms with Gasteiger partial charge in [0.15, 0.2) is 0 Å². The van der Waals surface area contributed by atoms with Crippen molar-refractivity contribution in [3.8, 4) is 0 Å². The molecule has 1 atom stereocenters. The maximum absolute atomic E-state index is 12.8. The van der Waals surface area contributed by atoms with Crippen molar-refractivity contribution < 1.29 is 23.1 Å². The average Bonchev–Trinajstić information content (AvgIpc) is 2.84. The molecule has 1 amide bonds. The number of hydrogen-bond acceptors (Lipinski definition) is 5. The number of amides is 1. The summed E-state index contributed by atoms with van der Waals surface area (Å²) in [6, 6.07) is 0. The maximum Gasteiger partial charge on any atom is 0.322 e. The Bertz CT molecular complexity index is 692. The van der Waals surface area contributed by atoms with Crippen LogP contribution in [0.3, 0.4) is 0 Å². The van der Waals surface area contributed by atoms with E-state index >= 15 is 0 Å². The topological polar surface area (TPSA) is 132 Å². The van der Waals surface area contributed by atoms with E-state index in [4.69, 9.17) is 5.11 Å². The van der Waals surface area contributed by atoms with Gasteiger partial charge in [0.1, 0.15) is 11.4 Å². The fourth-order valence-electron chi connectivity index (χ4n) is 2.73. The van der Waals surface area contributed by atoms with Crippen LogP contribution >= 0.6 is 0 Å². The van der Waals surface area contributed by atoms with Gasteiger partial charge in [0.25, 0.3) is 0 Å². The molecule has 2 rings (SSSR count). The number of piperidine rings is 1. The third-order valence-electron chi connectivity index (χ3n) is 3.83. The van der Waals surface area contributed by atoms with E-state index in [1.165, 1.54) is 4.31 Å². The summed E-state index contributed by atoms with van der Waals surface area (Å²) >= 11 is 0. The standard InChI is InChI=1S/C13H20N4O5S/c1-8-12(9(2)16-15-8)23(21,22)17-5-3-4-10(7-17)13(20)14-6-11(18)19/h10H,3-7H2,1-2H3,(H,14,20)(H,15,16)(H,18,19). The lowest BCUT2D eigenvalue weighted by Crippen LogP contribution is -2.46. The van der Waals surface area contributed by atoms with Gasteiger partial charge in [0, 0.05) is 13.1 Å². The first-order chi connectivity index (χ1) is 10.7. The molecule has 1 fully saturated rings. The van der Waals surface area contributed by atoms with E-state index in [0.29, 0.717) is 30.8 Å². The Kier molecular flexibility index (Phi) is 5.05. The van der Waals surface area contributed by atoms with Gasteiger partial charge in [-0.25, -0.2) is 8.42 Å². The molecule has 23 heavy (non-hydrogen) atoms. The van der Waals surface area contributed by atoms with Gasteiger partial charge in [0.05, 0.1) is 17.3 Å². The Morgan fingerprint density at radius 1 is 1.43 bits per heavy atom. The van der Waals surface area contributed by atoms with Gasteiger partial charge >= 0.3 is 5.97 Å². The first-order valence-electron chi connectivity index (χ1n) is 7.24. The second kappa shape index (κ2) is 6.67. The van der Waals surface area contributed by atoms with Gasteiger partial charge in [0.2, 0.25) is 15.9 Å². The number of carbonyl (C=O) groups is 2. The van der Waals surface area contributed by atoms with E-state index in [9.17, 15) is 18.0 Å². The summed E-state index contributed by atoms with van der Waals surface area (Å²) in [5, 5.41) is 17.5. The summed E-state index contributed by atoms with van der Waals surface area (Å²) in [4.78, 5) is 22.6. The number of H-pyrrole nitrogens is 1.